The molecule has 0 aliphatic rings. The van der Waals surface area contributed by atoms with Crippen molar-refractivity contribution in [1.82, 2.24) is 0 Å². The molecule has 0 unspecified atom stereocenters. The van der Waals surface area contributed by atoms with E-state index in [2.05, 4.69) is 0 Å². The fourth-order valence-electron chi connectivity index (χ4n) is 3.76. The van der Waals surface area contributed by atoms with Crippen molar-refractivity contribution in [3.05, 3.63) is 54.6 Å². The Labute approximate surface area is 219 Å². The molecule has 0 spiro atoms. The Hall–Kier alpha value is -1.27. The summed E-state index contributed by atoms with van der Waals surface area (Å²) in [6, 6.07) is 17.5. The van der Waals surface area contributed by atoms with Crippen molar-refractivity contribution in [2.45, 2.75) is 20.8 Å². The van der Waals surface area contributed by atoms with Crippen LogP contribution < -0.4 is 15.6 Å². The van der Waals surface area contributed by atoms with E-state index < -0.39 is 26.4 Å². The molecule has 12 heteroatoms. The van der Waals surface area contributed by atoms with Crippen molar-refractivity contribution in [2.24, 2.45) is 0 Å². The lowest BCUT2D eigenvalue weighted by Gasteiger charge is -2.31. The summed E-state index contributed by atoms with van der Waals surface area (Å²) in [5, 5.41) is 2.59. The van der Waals surface area contributed by atoms with Crippen LogP contribution in [0.4, 0.5) is 0 Å². The normalized spacial score (nSPS) is 12.2. The van der Waals surface area contributed by atoms with Gasteiger partial charge >= 0.3 is 26.4 Å². The summed E-state index contributed by atoms with van der Waals surface area (Å²) in [7, 11) is 0.691. The fraction of sp³-hybridized carbons (Fsp3) is 0.500. The molecule has 0 saturated carbocycles. The highest BCUT2D eigenvalue weighted by molar-refractivity contribution is 6.86. The average Bonchev–Trinajstić information content (AvgIpc) is 2.93. The molecule has 0 heterocycles. The van der Waals surface area contributed by atoms with Crippen LogP contribution in [0.3, 0.4) is 0 Å². The van der Waals surface area contributed by atoms with Crippen LogP contribution in [-0.4, -0.2) is 88.9 Å². The molecule has 0 N–H and O–H groups in total. The van der Waals surface area contributed by atoms with Crippen LogP contribution in [0.5, 0.6) is 0 Å². The highest BCUT2D eigenvalue weighted by Gasteiger charge is 2.51. The molecular weight excluding hydrogens is 517 g/mol. The van der Waals surface area contributed by atoms with Gasteiger partial charge in [-0.3, -0.25) is 0 Å². The zero-order valence-corrected chi connectivity index (χ0v) is 26.0. The molecule has 0 radical (unpaired) electrons. The van der Waals surface area contributed by atoms with Gasteiger partial charge in [-0.05, 0) is 20.8 Å². The number of rotatable bonds is 15. The Bertz CT molecular complexity index is 777. The zero-order valence-electron chi connectivity index (χ0n) is 23.0. The standard InChI is InChI=1S/C12H22O6Si2.C12H20O3Si/c1-13-19(14-2,15-3)11-9-7-8-10-12(11)20(16-4,17-5)18-6;1-4-13-16(14-5-2,15-6-3)12-10-8-7-9-11-12/h7-10H,1-6H3;7-11H,4-6H2,1-3H3. The van der Waals surface area contributed by atoms with Crippen molar-refractivity contribution >= 4 is 42.0 Å². The summed E-state index contributed by atoms with van der Waals surface area (Å²) in [4.78, 5) is 0. The van der Waals surface area contributed by atoms with Crippen LogP contribution in [0.2, 0.25) is 0 Å². The van der Waals surface area contributed by atoms with Crippen molar-refractivity contribution in [1.29, 1.82) is 0 Å². The predicted octanol–water partition coefficient (Wildman–Crippen LogP) is 1.80. The molecule has 0 amide bonds. The summed E-state index contributed by atoms with van der Waals surface area (Å²) in [6.45, 7) is 7.68. The molecule has 0 aliphatic carbocycles. The van der Waals surface area contributed by atoms with E-state index in [0.29, 0.717) is 19.8 Å². The van der Waals surface area contributed by atoms with E-state index in [0.717, 1.165) is 15.6 Å². The Morgan fingerprint density at radius 3 is 1.03 bits per heavy atom. The van der Waals surface area contributed by atoms with E-state index in [9.17, 15) is 0 Å². The molecule has 0 saturated heterocycles. The quantitative estimate of drug-likeness (QED) is 0.304. The van der Waals surface area contributed by atoms with E-state index >= 15 is 0 Å². The van der Waals surface area contributed by atoms with Gasteiger partial charge < -0.3 is 39.8 Å². The largest absolute Gasteiger partial charge is 0.537 e. The minimum Gasteiger partial charge on any atom is -0.373 e. The summed E-state index contributed by atoms with van der Waals surface area (Å²) in [5.41, 5.74) is 0. The third-order valence-corrected chi connectivity index (χ3v) is 14.0. The minimum atomic E-state index is -3.00. The van der Waals surface area contributed by atoms with E-state index in [-0.39, 0.29) is 0 Å². The van der Waals surface area contributed by atoms with Gasteiger partial charge in [0.2, 0.25) is 0 Å². The smallest absolute Gasteiger partial charge is 0.373 e. The Balaban J connectivity index is 0.000000369. The van der Waals surface area contributed by atoms with Crippen LogP contribution in [0.25, 0.3) is 0 Å². The van der Waals surface area contributed by atoms with Gasteiger partial charge in [0.15, 0.2) is 0 Å². The lowest BCUT2D eigenvalue weighted by molar-refractivity contribution is 0.0859. The molecule has 2 rings (SSSR count). The maximum Gasteiger partial charge on any atom is 0.537 e. The topological polar surface area (TPSA) is 83.1 Å². The lowest BCUT2D eigenvalue weighted by Crippen LogP contribution is -2.68. The van der Waals surface area contributed by atoms with Gasteiger partial charge in [-0.2, -0.15) is 0 Å². The van der Waals surface area contributed by atoms with Gasteiger partial charge in [0.1, 0.15) is 0 Å². The van der Waals surface area contributed by atoms with Crippen molar-refractivity contribution in [3.63, 3.8) is 0 Å². The van der Waals surface area contributed by atoms with E-state index in [1.165, 1.54) is 0 Å². The van der Waals surface area contributed by atoms with Crippen LogP contribution in [0.15, 0.2) is 54.6 Å². The molecule has 0 fully saturated rings. The SMILES string of the molecule is CCO[Si](OCC)(OCC)c1ccccc1.CO[Si](OC)(OC)c1ccccc1[Si](OC)(OC)OC. The van der Waals surface area contributed by atoms with Gasteiger partial charge in [-0.25, -0.2) is 0 Å². The van der Waals surface area contributed by atoms with Gasteiger partial charge in [-0.15, -0.1) is 0 Å². The second-order valence-corrected chi connectivity index (χ2v) is 15.4. The van der Waals surface area contributed by atoms with Crippen molar-refractivity contribution < 1.29 is 39.8 Å². The maximum atomic E-state index is 5.79. The number of hydrogen-bond donors (Lipinski definition) is 0. The van der Waals surface area contributed by atoms with Crippen LogP contribution in [0.1, 0.15) is 20.8 Å². The van der Waals surface area contributed by atoms with Gasteiger partial charge in [0.05, 0.1) is 0 Å². The maximum absolute atomic E-state index is 5.79. The molecule has 0 aliphatic heterocycles. The van der Waals surface area contributed by atoms with E-state index in [1.807, 2.05) is 75.4 Å². The molecule has 0 atom stereocenters. The van der Waals surface area contributed by atoms with E-state index in [4.69, 9.17) is 39.8 Å². The highest BCUT2D eigenvalue weighted by Crippen LogP contribution is 2.12. The minimum absolute atomic E-state index is 0.598. The Kier molecular flexibility index (Phi) is 15.1. The number of benzene rings is 2. The van der Waals surface area contributed by atoms with Crippen molar-refractivity contribution in [3.8, 4) is 0 Å². The summed E-state index contributed by atoms with van der Waals surface area (Å²) in [6.07, 6.45) is 0. The number of hydrogen-bond acceptors (Lipinski definition) is 9. The highest BCUT2D eigenvalue weighted by atomic mass is 28.4. The second kappa shape index (κ2) is 16.5. The monoisotopic (exact) mass is 558 g/mol. The third-order valence-electron chi connectivity index (χ3n) is 5.33. The van der Waals surface area contributed by atoms with E-state index in [1.54, 1.807) is 42.7 Å². The molecule has 204 valence electrons. The summed E-state index contributed by atoms with van der Waals surface area (Å²) in [5.74, 6) is 0. The predicted molar refractivity (Wildman–Crippen MR) is 146 cm³/mol. The van der Waals surface area contributed by atoms with Crippen LogP contribution in [-0.2, 0) is 39.8 Å². The lowest BCUT2D eigenvalue weighted by atomic mass is 10.4. The summed E-state index contributed by atoms with van der Waals surface area (Å²) < 4.78 is 50.6. The Morgan fingerprint density at radius 1 is 0.444 bits per heavy atom. The first kappa shape index (κ1) is 32.8. The average molecular weight is 559 g/mol. The Morgan fingerprint density at radius 2 is 0.750 bits per heavy atom. The molecule has 0 bridgehead atoms. The van der Waals surface area contributed by atoms with Crippen LogP contribution in [0, 0.1) is 0 Å². The zero-order chi connectivity index (χ0) is 27.1. The molecular formula is C24H42O9Si3. The molecule has 9 nitrogen and oxygen atoms in total. The third kappa shape index (κ3) is 7.63. The summed E-state index contributed by atoms with van der Waals surface area (Å²) >= 11 is 0. The fourth-order valence-corrected chi connectivity index (χ4v) is 10.9. The molecule has 2 aromatic rings. The van der Waals surface area contributed by atoms with Crippen LogP contribution >= 0.6 is 0 Å². The van der Waals surface area contributed by atoms with Gasteiger partial charge in [0, 0.05) is 78.0 Å². The first-order valence-electron chi connectivity index (χ1n) is 11.8. The first-order valence-corrected chi connectivity index (χ1v) is 16.9. The van der Waals surface area contributed by atoms with Gasteiger partial charge in [0.25, 0.3) is 0 Å². The molecule has 0 aromatic heterocycles. The van der Waals surface area contributed by atoms with Crippen molar-refractivity contribution in [2.75, 3.05) is 62.5 Å². The van der Waals surface area contributed by atoms with Gasteiger partial charge in [-0.1, -0.05) is 54.6 Å². The molecule has 2 aromatic carbocycles. The first-order chi connectivity index (χ1) is 17.4. The molecule has 36 heavy (non-hydrogen) atoms. The second-order valence-electron chi connectivity index (χ2n) is 7.10.